The molecule has 31 heavy (non-hydrogen) atoms. The lowest BCUT2D eigenvalue weighted by Crippen LogP contribution is -2.25. The number of nitrogens with zero attached hydrogens (tertiary/aromatic N) is 2. The van der Waals surface area contributed by atoms with E-state index in [0.717, 1.165) is 16.7 Å². The van der Waals surface area contributed by atoms with Crippen molar-refractivity contribution < 1.29 is 14.3 Å². The molecule has 0 saturated carbocycles. The summed E-state index contributed by atoms with van der Waals surface area (Å²) in [5.74, 6) is 6.45. The van der Waals surface area contributed by atoms with Gasteiger partial charge in [0.25, 0.3) is 0 Å². The molecule has 1 heterocycles. The molecule has 0 aliphatic carbocycles. The standard InChI is InChI=1S/C25H25ClN2O3/c1-25(2,3)31-24(29)16-20-7-5-6-8-23(20)30-17-19-13-18(14-21(26)15-19)9-10-22-11-12-28(4)27-22/h5-8,11-15H,16-17H2,1-4H3. The average Bonchev–Trinajstić information content (AvgIpc) is 3.09. The van der Waals surface area contributed by atoms with Crippen LogP contribution in [0.3, 0.4) is 0 Å². The van der Waals surface area contributed by atoms with Crippen molar-refractivity contribution in [1.82, 2.24) is 9.78 Å². The summed E-state index contributed by atoms with van der Waals surface area (Å²) in [6, 6.07) is 14.9. The molecule has 0 bridgehead atoms. The first-order chi connectivity index (χ1) is 14.7. The minimum atomic E-state index is -0.527. The number of aryl methyl sites for hydroxylation is 1. The van der Waals surface area contributed by atoms with E-state index < -0.39 is 5.60 Å². The highest BCUT2D eigenvalue weighted by Gasteiger charge is 2.18. The van der Waals surface area contributed by atoms with E-state index >= 15 is 0 Å². The number of halogens is 1. The third-order valence-electron chi connectivity index (χ3n) is 4.13. The van der Waals surface area contributed by atoms with Crippen LogP contribution in [-0.4, -0.2) is 21.4 Å². The van der Waals surface area contributed by atoms with Crippen molar-refractivity contribution in [1.29, 1.82) is 0 Å². The number of para-hydroxylation sites is 1. The third-order valence-corrected chi connectivity index (χ3v) is 4.35. The van der Waals surface area contributed by atoms with Gasteiger partial charge in [-0.05, 0) is 62.6 Å². The molecule has 0 aliphatic heterocycles. The third kappa shape index (κ3) is 7.20. The smallest absolute Gasteiger partial charge is 0.310 e. The van der Waals surface area contributed by atoms with Gasteiger partial charge in [0, 0.05) is 29.4 Å². The highest BCUT2D eigenvalue weighted by atomic mass is 35.5. The van der Waals surface area contributed by atoms with Gasteiger partial charge in [-0.1, -0.05) is 35.7 Å². The van der Waals surface area contributed by atoms with Crippen molar-refractivity contribution in [3.8, 4) is 17.6 Å². The Balaban J connectivity index is 1.71. The van der Waals surface area contributed by atoms with Crippen LogP contribution >= 0.6 is 11.6 Å². The van der Waals surface area contributed by atoms with E-state index in [1.54, 1.807) is 10.7 Å². The quantitative estimate of drug-likeness (QED) is 0.420. The zero-order valence-corrected chi connectivity index (χ0v) is 18.9. The topological polar surface area (TPSA) is 53.4 Å². The monoisotopic (exact) mass is 436 g/mol. The maximum Gasteiger partial charge on any atom is 0.310 e. The molecular weight excluding hydrogens is 412 g/mol. The molecular formula is C25H25ClN2O3. The largest absolute Gasteiger partial charge is 0.489 e. The number of hydrogen-bond acceptors (Lipinski definition) is 4. The van der Waals surface area contributed by atoms with Gasteiger partial charge in [-0.3, -0.25) is 9.48 Å². The van der Waals surface area contributed by atoms with Crippen LogP contribution in [0.5, 0.6) is 5.75 Å². The molecule has 0 N–H and O–H groups in total. The SMILES string of the molecule is Cn1ccc(C#Cc2cc(Cl)cc(COc3ccccc3CC(=O)OC(C)(C)C)c2)n1. The molecule has 5 nitrogen and oxygen atoms in total. The second-order valence-corrected chi connectivity index (χ2v) is 8.57. The number of benzene rings is 2. The van der Waals surface area contributed by atoms with Crippen molar-refractivity contribution in [2.45, 2.75) is 39.4 Å². The first-order valence-electron chi connectivity index (χ1n) is 9.92. The molecule has 2 aromatic carbocycles. The van der Waals surface area contributed by atoms with Gasteiger partial charge >= 0.3 is 5.97 Å². The molecule has 160 valence electrons. The Hall–Kier alpha value is -3.23. The first kappa shape index (κ1) is 22.5. The van der Waals surface area contributed by atoms with E-state index in [0.29, 0.717) is 23.1 Å². The Labute approximate surface area is 187 Å². The summed E-state index contributed by atoms with van der Waals surface area (Å²) in [7, 11) is 1.85. The van der Waals surface area contributed by atoms with Gasteiger partial charge < -0.3 is 9.47 Å². The number of aromatic nitrogens is 2. The molecule has 0 fully saturated rings. The Bertz CT molecular complexity index is 1130. The lowest BCUT2D eigenvalue weighted by Gasteiger charge is -2.20. The fraction of sp³-hybridized carbons (Fsp3) is 0.280. The van der Waals surface area contributed by atoms with Crippen molar-refractivity contribution in [3.05, 3.63) is 82.1 Å². The Morgan fingerprint density at radius 2 is 1.90 bits per heavy atom. The molecule has 6 heteroatoms. The summed E-state index contributed by atoms with van der Waals surface area (Å²) < 4.78 is 13.1. The van der Waals surface area contributed by atoms with E-state index in [1.807, 2.05) is 76.5 Å². The molecule has 3 aromatic rings. The first-order valence-corrected chi connectivity index (χ1v) is 10.3. The van der Waals surface area contributed by atoms with Crippen molar-refractivity contribution in [2.75, 3.05) is 0 Å². The summed E-state index contributed by atoms with van der Waals surface area (Å²) in [5.41, 5.74) is 2.59. The highest BCUT2D eigenvalue weighted by molar-refractivity contribution is 6.30. The number of carbonyl (C=O) groups is 1. The lowest BCUT2D eigenvalue weighted by molar-refractivity contribution is -0.153. The van der Waals surface area contributed by atoms with Crippen LogP contribution in [0.25, 0.3) is 0 Å². The van der Waals surface area contributed by atoms with Gasteiger partial charge in [0.2, 0.25) is 0 Å². The Kier molecular flexibility index (Phi) is 7.04. The molecule has 0 saturated heterocycles. The predicted molar refractivity (Wildman–Crippen MR) is 121 cm³/mol. The van der Waals surface area contributed by atoms with Crippen molar-refractivity contribution in [3.63, 3.8) is 0 Å². The zero-order valence-electron chi connectivity index (χ0n) is 18.1. The van der Waals surface area contributed by atoms with Crippen LogP contribution in [0.1, 0.15) is 43.2 Å². The van der Waals surface area contributed by atoms with Gasteiger partial charge in [0.1, 0.15) is 23.7 Å². The molecule has 0 spiro atoms. The van der Waals surface area contributed by atoms with Crippen molar-refractivity contribution >= 4 is 17.6 Å². The van der Waals surface area contributed by atoms with Gasteiger partial charge in [0.05, 0.1) is 6.42 Å². The Morgan fingerprint density at radius 1 is 1.13 bits per heavy atom. The number of esters is 1. The van der Waals surface area contributed by atoms with Gasteiger partial charge in [-0.2, -0.15) is 5.10 Å². The second-order valence-electron chi connectivity index (χ2n) is 8.13. The summed E-state index contributed by atoms with van der Waals surface area (Å²) in [4.78, 5) is 12.2. The van der Waals surface area contributed by atoms with E-state index in [9.17, 15) is 4.79 Å². The minimum Gasteiger partial charge on any atom is -0.489 e. The van der Waals surface area contributed by atoms with E-state index in [2.05, 4.69) is 16.9 Å². The number of ether oxygens (including phenoxy) is 2. The normalized spacial score (nSPS) is 10.9. The summed E-state index contributed by atoms with van der Waals surface area (Å²) in [6.45, 7) is 5.84. The fourth-order valence-corrected chi connectivity index (χ4v) is 3.17. The maximum atomic E-state index is 12.2. The number of rotatable bonds is 5. The van der Waals surface area contributed by atoms with Crippen LogP contribution < -0.4 is 4.74 Å². The maximum absolute atomic E-state index is 12.2. The van der Waals surface area contributed by atoms with Crippen LogP contribution in [0.15, 0.2) is 54.7 Å². The summed E-state index contributed by atoms with van der Waals surface area (Å²) in [5, 5.41) is 4.83. The lowest BCUT2D eigenvalue weighted by atomic mass is 10.1. The van der Waals surface area contributed by atoms with Crippen LogP contribution in [-0.2, 0) is 29.6 Å². The summed E-state index contributed by atoms with van der Waals surface area (Å²) in [6.07, 6.45) is 1.99. The molecule has 0 amide bonds. The second kappa shape index (κ2) is 9.72. The van der Waals surface area contributed by atoms with Crippen molar-refractivity contribution in [2.24, 2.45) is 7.05 Å². The van der Waals surface area contributed by atoms with E-state index in [1.165, 1.54) is 0 Å². The fourth-order valence-electron chi connectivity index (χ4n) is 2.91. The average molecular weight is 437 g/mol. The number of carbonyl (C=O) groups excluding carboxylic acids is 1. The van der Waals surface area contributed by atoms with Crippen LogP contribution in [0, 0.1) is 11.8 Å². The predicted octanol–water partition coefficient (Wildman–Crippen LogP) is 4.94. The molecule has 0 atom stereocenters. The highest BCUT2D eigenvalue weighted by Crippen LogP contribution is 2.23. The van der Waals surface area contributed by atoms with Gasteiger partial charge in [-0.25, -0.2) is 0 Å². The summed E-state index contributed by atoms with van der Waals surface area (Å²) >= 11 is 6.27. The van der Waals surface area contributed by atoms with Crippen LogP contribution in [0.4, 0.5) is 0 Å². The molecule has 0 radical (unpaired) electrons. The van der Waals surface area contributed by atoms with Gasteiger partial charge in [-0.15, -0.1) is 0 Å². The zero-order chi connectivity index (χ0) is 22.4. The molecule has 1 aromatic heterocycles. The Morgan fingerprint density at radius 3 is 2.61 bits per heavy atom. The molecule has 3 rings (SSSR count). The molecule has 0 unspecified atom stereocenters. The van der Waals surface area contributed by atoms with E-state index in [-0.39, 0.29) is 12.4 Å². The molecule has 0 aliphatic rings. The van der Waals surface area contributed by atoms with Crippen LogP contribution in [0.2, 0.25) is 5.02 Å². The minimum absolute atomic E-state index is 0.143. The number of hydrogen-bond donors (Lipinski definition) is 0. The van der Waals surface area contributed by atoms with Gasteiger partial charge in [0.15, 0.2) is 0 Å². The van der Waals surface area contributed by atoms with E-state index in [4.69, 9.17) is 21.1 Å².